The van der Waals surface area contributed by atoms with Crippen LogP contribution in [0.5, 0.6) is 0 Å². The van der Waals surface area contributed by atoms with Crippen LogP contribution in [-0.2, 0) is 0 Å². The Morgan fingerprint density at radius 3 is 0.944 bits per heavy atom. The second-order valence-electron chi connectivity index (χ2n) is 28.0. The van der Waals surface area contributed by atoms with Gasteiger partial charge < -0.3 is 23.5 Å². The SMILES string of the molecule is [2H]c1c([2H])c([2H])c2c(c1[2H])c1c([2H])c([2H])c([2H])c([2H])c1n2-c1cc2c3c(c1)N(c1c(-c4ccccc4)cccc1-c1ccccc1)c1ccc(-c4cccc5c4c4ccccc4n5-c4ccccc4)cc1B3c1cc(-c3cccc4c3c3ccccc3n4-c3ccccc3)ccc1N2c1c(-c2ccccc2)cccc1-c1ccccc1. The lowest BCUT2D eigenvalue weighted by molar-refractivity contribution is 1.16. The second kappa shape index (κ2) is 24.7. The minimum atomic E-state index is -0.609. The monoisotopic (exact) mass is 1380 g/mol. The van der Waals surface area contributed by atoms with Gasteiger partial charge in [-0.1, -0.05) is 315 Å². The van der Waals surface area contributed by atoms with Crippen LogP contribution in [0.25, 0.3) is 149 Å². The number of anilines is 6. The molecule has 2 aliphatic rings. The average Bonchev–Trinajstić information content (AvgIpc) is 1.01. The quantitative estimate of drug-likeness (QED) is 0.120. The summed E-state index contributed by atoms with van der Waals surface area (Å²) in [4.78, 5) is 4.85. The van der Waals surface area contributed by atoms with Gasteiger partial charge in [0, 0.05) is 88.7 Å². The first-order valence-electron chi connectivity index (χ1n) is 40.7. The molecule has 0 unspecified atom stereocenters. The minimum absolute atomic E-state index is 0.0106. The van der Waals surface area contributed by atoms with Crippen LogP contribution in [0.2, 0.25) is 0 Å². The standard InChI is InChI=1S/C102H66BN5/c1-7-31-67(32-8-1)78-49-27-50-79(68-33-9-2-10-34-68)101(78)107-92-61-59-71(76-47-29-57-94-98(76)84-45-21-25-55-90(84)104(94)73-39-15-5-16-40-73)63-86(92)103-87-64-72(77-48-30-58-95-99(77)85-46-22-26-56-91(85)105(95)74-41-17-6-18-42-74)60-62-93(87)108(102-80(69-35-11-3-12-36-69)51-28-52-81(102)70-37-13-4-14-38-70)97-66-75(65-96(107)100(97)103)106-88-53-23-19-43-82(88)83-44-20-24-54-89(83)106/h1-66H/i19D,20D,23D,24D,43D,44D,53D,54D. The molecule has 0 aliphatic carbocycles. The van der Waals surface area contributed by atoms with Crippen LogP contribution in [0.15, 0.2) is 400 Å². The van der Waals surface area contributed by atoms with E-state index in [-0.39, 0.29) is 21.8 Å². The molecule has 0 spiro atoms. The van der Waals surface area contributed by atoms with Crippen molar-refractivity contribution in [3.8, 4) is 83.8 Å². The van der Waals surface area contributed by atoms with Crippen LogP contribution in [0, 0.1) is 0 Å². The van der Waals surface area contributed by atoms with E-state index in [9.17, 15) is 11.0 Å². The van der Waals surface area contributed by atoms with Crippen molar-refractivity contribution in [2.45, 2.75) is 0 Å². The Labute approximate surface area is 637 Å². The summed E-state index contributed by atoms with van der Waals surface area (Å²) in [6, 6.07) is 122. The van der Waals surface area contributed by atoms with Crippen molar-refractivity contribution in [1.29, 1.82) is 0 Å². The molecule has 17 aromatic carbocycles. The van der Waals surface area contributed by atoms with Gasteiger partial charge in [-0.15, -0.1) is 0 Å². The molecule has 20 aromatic rings. The maximum Gasteiger partial charge on any atom is 0.252 e. The normalized spacial score (nSPS) is 13.4. The van der Waals surface area contributed by atoms with Crippen molar-refractivity contribution in [1.82, 2.24) is 13.7 Å². The van der Waals surface area contributed by atoms with E-state index >= 15 is 0 Å². The average molecular weight is 1380 g/mol. The molecular weight excluding hydrogens is 1310 g/mol. The maximum absolute atomic E-state index is 10.2. The van der Waals surface area contributed by atoms with Gasteiger partial charge in [-0.2, -0.15) is 0 Å². The molecule has 0 N–H and O–H groups in total. The first-order chi connectivity index (χ1) is 57.0. The topological polar surface area (TPSA) is 21.3 Å². The molecule has 502 valence electrons. The lowest BCUT2D eigenvalue weighted by atomic mass is 9.33. The summed E-state index contributed by atoms with van der Waals surface area (Å²) in [6.07, 6.45) is 0. The van der Waals surface area contributed by atoms with Crippen molar-refractivity contribution in [2.75, 3.05) is 9.80 Å². The Bertz CT molecular complexity index is 6950. The highest BCUT2D eigenvalue weighted by Gasteiger charge is 2.46. The molecular formula is C102H66BN5. The van der Waals surface area contributed by atoms with E-state index in [4.69, 9.17) is 0 Å². The number of hydrogen-bond acceptors (Lipinski definition) is 2. The number of aromatic nitrogens is 3. The summed E-state index contributed by atoms with van der Waals surface area (Å²) in [7, 11) is 0. The van der Waals surface area contributed by atoms with E-state index in [2.05, 4.69) is 347 Å². The third kappa shape index (κ3) is 9.40. The van der Waals surface area contributed by atoms with Crippen molar-refractivity contribution < 1.29 is 11.0 Å². The number of para-hydroxylation sites is 8. The molecule has 0 fully saturated rings. The molecule has 0 saturated carbocycles. The molecule has 22 rings (SSSR count). The van der Waals surface area contributed by atoms with E-state index in [0.29, 0.717) is 5.69 Å². The first-order valence-corrected chi connectivity index (χ1v) is 36.7. The van der Waals surface area contributed by atoms with Crippen molar-refractivity contribution in [2.24, 2.45) is 0 Å². The van der Waals surface area contributed by atoms with E-state index in [1.165, 1.54) is 0 Å². The number of hydrogen-bond donors (Lipinski definition) is 0. The lowest BCUT2D eigenvalue weighted by Gasteiger charge is -2.46. The van der Waals surface area contributed by atoms with Gasteiger partial charge >= 0.3 is 0 Å². The summed E-state index contributed by atoms with van der Waals surface area (Å²) in [5.41, 5.74) is 26.3. The fourth-order valence-corrected chi connectivity index (χ4v) is 17.8. The van der Waals surface area contributed by atoms with Crippen LogP contribution < -0.4 is 26.2 Å². The summed E-state index contributed by atoms with van der Waals surface area (Å²) >= 11 is 0. The molecule has 5 heterocycles. The van der Waals surface area contributed by atoms with Crippen LogP contribution >= 0.6 is 0 Å². The lowest BCUT2D eigenvalue weighted by Crippen LogP contribution is -2.61. The van der Waals surface area contributed by atoms with E-state index in [1.807, 2.05) is 24.3 Å². The molecule has 0 amide bonds. The van der Waals surface area contributed by atoms with Crippen LogP contribution in [0.3, 0.4) is 0 Å². The Morgan fingerprint density at radius 1 is 0.222 bits per heavy atom. The molecule has 0 atom stereocenters. The largest absolute Gasteiger partial charge is 0.310 e. The highest BCUT2D eigenvalue weighted by molar-refractivity contribution is 7.00. The molecule has 0 radical (unpaired) electrons. The smallest absolute Gasteiger partial charge is 0.252 e. The predicted octanol–water partition coefficient (Wildman–Crippen LogP) is 25.1. The summed E-state index contributed by atoms with van der Waals surface area (Å²) < 4.78 is 84.1. The van der Waals surface area contributed by atoms with Gasteiger partial charge in [-0.3, -0.25) is 0 Å². The second-order valence-corrected chi connectivity index (χ2v) is 28.0. The molecule has 6 heteroatoms. The van der Waals surface area contributed by atoms with E-state index in [1.54, 1.807) is 4.57 Å². The maximum atomic E-state index is 10.2. The van der Waals surface area contributed by atoms with Crippen molar-refractivity contribution in [3.63, 3.8) is 0 Å². The molecule has 3 aromatic heterocycles. The number of nitrogens with zero attached hydrogens (tertiary/aromatic N) is 5. The number of rotatable bonds is 11. The Hall–Kier alpha value is -14.2. The molecule has 2 aliphatic heterocycles. The molecule has 108 heavy (non-hydrogen) atoms. The summed E-state index contributed by atoms with van der Waals surface area (Å²) in [6.45, 7) is -0.609. The molecule has 0 bridgehead atoms. The number of benzene rings is 17. The van der Waals surface area contributed by atoms with Crippen LogP contribution in [0.4, 0.5) is 34.1 Å². The van der Waals surface area contributed by atoms with Gasteiger partial charge in [0.15, 0.2) is 0 Å². The zero-order chi connectivity index (χ0) is 77.9. The van der Waals surface area contributed by atoms with Gasteiger partial charge in [0.25, 0.3) is 6.71 Å². The van der Waals surface area contributed by atoms with Crippen molar-refractivity contribution in [3.05, 3.63) is 400 Å². The van der Waals surface area contributed by atoms with Gasteiger partial charge in [0.2, 0.25) is 0 Å². The third-order valence-electron chi connectivity index (χ3n) is 22.2. The zero-order valence-electron chi connectivity index (χ0n) is 66.3. The summed E-state index contributed by atoms with van der Waals surface area (Å²) in [5.74, 6) is 0. The fourth-order valence-electron chi connectivity index (χ4n) is 17.8. The Morgan fingerprint density at radius 2 is 0.546 bits per heavy atom. The van der Waals surface area contributed by atoms with E-state index in [0.717, 1.165) is 172 Å². The predicted molar refractivity (Wildman–Crippen MR) is 456 cm³/mol. The van der Waals surface area contributed by atoms with Crippen LogP contribution in [0.1, 0.15) is 11.0 Å². The third-order valence-corrected chi connectivity index (χ3v) is 22.2. The van der Waals surface area contributed by atoms with Gasteiger partial charge in [-0.05, 0) is 146 Å². The fraction of sp³-hybridized carbons (Fsp3) is 0. The van der Waals surface area contributed by atoms with Gasteiger partial charge in [0.1, 0.15) is 0 Å². The van der Waals surface area contributed by atoms with Crippen molar-refractivity contribution >= 4 is 123 Å². The Balaban J connectivity index is 0.949. The summed E-state index contributed by atoms with van der Waals surface area (Å²) in [5, 5.41) is 4.42. The first kappa shape index (κ1) is 53.6. The van der Waals surface area contributed by atoms with Crippen LogP contribution in [-0.4, -0.2) is 20.4 Å². The van der Waals surface area contributed by atoms with Gasteiger partial charge in [0.05, 0.1) is 61.1 Å². The zero-order valence-corrected chi connectivity index (χ0v) is 58.3. The molecule has 0 saturated heterocycles. The highest BCUT2D eigenvalue weighted by Crippen LogP contribution is 2.55. The van der Waals surface area contributed by atoms with Gasteiger partial charge in [-0.25, -0.2) is 0 Å². The van der Waals surface area contributed by atoms with E-state index < -0.39 is 55.1 Å². The highest BCUT2D eigenvalue weighted by atomic mass is 15.2. The number of fused-ring (bicyclic) bond motifs is 13. The molecule has 5 nitrogen and oxygen atoms in total. The minimum Gasteiger partial charge on any atom is -0.310 e. The Kier molecular flexibility index (Phi) is 12.3.